The van der Waals surface area contributed by atoms with Crippen LogP contribution in [0.4, 0.5) is 16.2 Å². The van der Waals surface area contributed by atoms with E-state index in [2.05, 4.69) is 15.5 Å². The Morgan fingerprint density at radius 2 is 1.68 bits per heavy atom. The van der Waals surface area contributed by atoms with Gasteiger partial charge in [-0.25, -0.2) is 4.79 Å². The van der Waals surface area contributed by atoms with Crippen molar-refractivity contribution in [1.29, 1.82) is 0 Å². The Labute approximate surface area is 165 Å². The van der Waals surface area contributed by atoms with Crippen molar-refractivity contribution in [3.63, 3.8) is 0 Å². The number of carbonyl (C=O) groups is 2. The summed E-state index contributed by atoms with van der Waals surface area (Å²) < 4.78 is 0. The van der Waals surface area contributed by atoms with Crippen LogP contribution in [0, 0.1) is 13.8 Å². The second kappa shape index (κ2) is 6.86. The average Bonchev–Trinajstić information content (AvgIpc) is 2.68. The van der Waals surface area contributed by atoms with Gasteiger partial charge in [0.2, 0.25) is 0 Å². The van der Waals surface area contributed by atoms with Gasteiger partial charge in [0.15, 0.2) is 0 Å². The van der Waals surface area contributed by atoms with Crippen molar-refractivity contribution in [3.05, 3.63) is 59.2 Å². The van der Waals surface area contributed by atoms with Crippen LogP contribution in [0.2, 0.25) is 0 Å². The number of benzene rings is 2. The summed E-state index contributed by atoms with van der Waals surface area (Å²) in [5.41, 5.74) is 4.24. The Hall–Kier alpha value is -3.02. The maximum absolute atomic E-state index is 12.7. The van der Waals surface area contributed by atoms with Gasteiger partial charge in [-0.15, -0.1) is 0 Å². The van der Waals surface area contributed by atoms with E-state index in [4.69, 9.17) is 0 Å². The number of hydrogen-bond donors (Lipinski definition) is 2. The van der Waals surface area contributed by atoms with Crippen LogP contribution in [-0.2, 0) is 0 Å². The highest BCUT2D eigenvalue weighted by molar-refractivity contribution is 6.02. The topological polar surface area (TPSA) is 64.7 Å². The van der Waals surface area contributed by atoms with Crippen LogP contribution in [0.15, 0.2) is 42.5 Å². The summed E-state index contributed by atoms with van der Waals surface area (Å²) in [6.07, 6.45) is 1.37. The minimum absolute atomic E-state index is 0.0330. The SMILES string of the molecule is Cc1ccc(NC(=O)N2CCC3(CC2)NC(=O)c2cc(C)ccc2N3C)cc1. The van der Waals surface area contributed by atoms with Crippen LogP contribution >= 0.6 is 0 Å². The Kier molecular flexibility index (Phi) is 4.49. The zero-order valence-electron chi connectivity index (χ0n) is 16.6. The lowest BCUT2D eigenvalue weighted by Gasteiger charge is -2.51. The summed E-state index contributed by atoms with van der Waals surface area (Å²) in [4.78, 5) is 29.3. The molecule has 1 fully saturated rings. The van der Waals surface area contributed by atoms with Gasteiger partial charge in [-0.2, -0.15) is 0 Å². The fraction of sp³-hybridized carbons (Fsp3) is 0.364. The van der Waals surface area contributed by atoms with E-state index in [1.54, 1.807) is 0 Å². The molecule has 6 heteroatoms. The van der Waals surface area contributed by atoms with E-state index >= 15 is 0 Å². The van der Waals surface area contributed by atoms with Gasteiger partial charge in [0.05, 0.1) is 11.3 Å². The Bertz CT molecular complexity index is 915. The maximum atomic E-state index is 12.7. The first kappa shape index (κ1) is 18.3. The first-order valence-corrected chi connectivity index (χ1v) is 9.68. The molecule has 0 atom stereocenters. The van der Waals surface area contributed by atoms with Gasteiger partial charge in [0.1, 0.15) is 5.66 Å². The zero-order valence-corrected chi connectivity index (χ0v) is 16.6. The van der Waals surface area contributed by atoms with E-state index in [1.807, 2.05) is 68.3 Å². The number of nitrogens with one attached hydrogen (secondary N) is 2. The van der Waals surface area contributed by atoms with E-state index < -0.39 is 5.66 Å². The largest absolute Gasteiger partial charge is 0.351 e. The molecule has 1 spiro atoms. The van der Waals surface area contributed by atoms with Crippen molar-refractivity contribution in [2.24, 2.45) is 0 Å². The second-order valence-electron chi connectivity index (χ2n) is 7.85. The number of fused-ring (bicyclic) bond motifs is 1. The number of amides is 3. The standard InChI is InChI=1S/C22H26N4O2/c1-15-4-7-17(8-5-15)23-21(28)26-12-10-22(11-13-26)24-20(27)18-14-16(2)6-9-19(18)25(22)3/h4-9,14H,10-13H2,1-3H3,(H,23,28)(H,24,27). The first-order valence-electron chi connectivity index (χ1n) is 9.68. The van der Waals surface area contributed by atoms with E-state index in [0.717, 1.165) is 22.5 Å². The van der Waals surface area contributed by atoms with E-state index in [0.29, 0.717) is 31.5 Å². The van der Waals surface area contributed by atoms with Gasteiger partial charge in [-0.1, -0.05) is 29.3 Å². The Morgan fingerprint density at radius 3 is 2.36 bits per heavy atom. The quantitative estimate of drug-likeness (QED) is 0.798. The number of nitrogens with zero attached hydrogens (tertiary/aromatic N) is 2. The molecule has 0 radical (unpaired) electrons. The molecule has 0 aromatic heterocycles. The number of aryl methyl sites for hydroxylation is 2. The van der Waals surface area contributed by atoms with Crippen LogP contribution < -0.4 is 15.5 Å². The molecule has 0 unspecified atom stereocenters. The third kappa shape index (κ3) is 3.19. The Morgan fingerprint density at radius 1 is 1.04 bits per heavy atom. The molecule has 0 saturated carbocycles. The van der Waals surface area contributed by atoms with Gasteiger partial charge in [0, 0.05) is 38.7 Å². The molecule has 1 saturated heterocycles. The summed E-state index contributed by atoms with van der Waals surface area (Å²) in [7, 11) is 2.02. The number of rotatable bonds is 1. The van der Waals surface area contributed by atoms with Gasteiger partial charge < -0.3 is 20.4 Å². The van der Waals surface area contributed by atoms with Gasteiger partial charge in [-0.05, 0) is 38.1 Å². The fourth-order valence-electron chi connectivity index (χ4n) is 4.10. The third-order valence-electron chi connectivity index (χ3n) is 5.93. The average molecular weight is 378 g/mol. The molecule has 2 aromatic carbocycles. The molecule has 0 aliphatic carbocycles. The number of piperidine rings is 1. The van der Waals surface area contributed by atoms with Crippen LogP contribution in [0.5, 0.6) is 0 Å². The van der Waals surface area contributed by atoms with Crippen molar-refractivity contribution >= 4 is 23.3 Å². The maximum Gasteiger partial charge on any atom is 0.321 e. The molecule has 6 nitrogen and oxygen atoms in total. The molecule has 146 valence electrons. The number of likely N-dealkylation sites (tertiary alicyclic amines) is 1. The minimum Gasteiger partial charge on any atom is -0.351 e. The molecule has 4 rings (SSSR count). The van der Waals surface area contributed by atoms with Gasteiger partial charge in [-0.3, -0.25) is 4.79 Å². The zero-order chi connectivity index (χ0) is 19.9. The molecule has 2 heterocycles. The summed E-state index contributed by atoms with van der Waals surface area (Å²) in [5, 5.41) is 6.17. The van der Waals surface area contributed by atoms with Gasteiger partial charge >= 0.3 is 6.03 Å². The molecule has 0 bridgehead atoms. The lowest BCUT2D eigenvalue weighted by atomic mass is 9.90. The van der Waals surface area contributed by atoms with E-state index in [-0.39, 0.29) is 11.9 Å². The molecule has 2 aromatic rings. The summed E-state index contributed by atoms with van der Waals surface area (Å²) in [5.74, 6) is -0.0330. The number of carbonyl (C=O) groups excluding carboxylic acids is 2. The molecule has 3 amide bonds. The molecular weight excluding hydrogens is 352 g/mol. The molecule has 28 heavy (non-hydrogen) atoms. The smallest absolute Gasteiger partial charge is 0.321 e. The van der Waals surface area contributed by atoms with Gasteiger partial charge in [0.25, 0.3) is 5.91 Å². The van der Waals surface area contributed by atoms with Crippen molar-refractivity contribution in [1.82, 2.24) is 10.2 Å². The van der Waals surface area contributed by atoms with E-state index in [9.17, 15) is 9.59 Å². The summed E-state index contributed by atoms with van der Waals surface area (Å²) in [6, 6.07) is 13.7. The summed E-state index contributed by atoms with van der Waals surface area (Å²) in [6.45, 7) is 5.18. The molecule has 2 N–H and O–H groups in total. The third-order valence-corrected chi connectivity index (χ3v) is 5.93. The van der Waals surface area contributed by atoms with E-state index in [1.165, 1.54) is 0 Å². The predicted octanol–water partition coefficient (Wildman–Crippen LogP) is 3.51. The van der Waals surface area contributed by atoms with Crippen molar-refractivity contribution in [2.75, 3.05) is 30.4 Å². The monoisotopic (exact) mass is 378 g/mol. The Balaban J connectivity index is 1.46. The summed E-state index contributed by atoms with van der Waals surface area (Å²) >= 11 is 0. The molecular formula is C22H26N4O2. The lowest BCUT2D eigenvalue weighted by Crippen LogP contribution is -2.67. The van der Waals surface area contributed by atoms with Crippen molar-refractivity contribution in [3.8, 4) is 0 Å². The fourth-order valence-corrected chi connectivity index (χ4v) is 4.10. The second-order valence-corrected chi connectivity index (χ2v) is 7.85. The van der Waals surface area contributed by atoms with Crippen LogP contribution in [0.3, 0.4) is 0 Å². The van der Waals surface area contributed by atoms with Crippen molar-refractivity contribution < 1.29 is 9.59 Å². The number of hydrogen-bond acceptors (Lipinski definition) is 3. The predicted molar refractivity (Wildman–Crippen MR) is 111 cm³/mol. The highest BCUT2D eigenvalue weighted by Gasteiger charge is 2.44. The van der Waals surface area contributed by atoms with Crippen molar-refractivity contribution in [2.45, 2.75) is 32.4 Å². The first-order chi connectivity index (χ1) is 13.4. The minimum atomic E-state index is -0.444. The number of urea groups is 1. The highest BCUT2D eigenvalue weighted by atomic mass is 16.2. The van der Waals surface area contributed by atoms with Crippen LogP contribution in [0.25, 0.3) is 0 Å². The lowest BCUT2D eigenvalue weighted by molar-refractivity contribution is 0.0815. The normalized spacial score (nSPS) is 17.9. The van der Waals surface area contributed by atoms with Crippen LogP contribution in [0.1, 0.15) is 34.3 Å². The van der Waals surface area contributed by atoms with Crippen LogP contribution in [-0.4, -0.2) is 42.6 Å². The molecule has 2 aliphatic rings. The number of anilines is 2. The molecule has 2 aliphatic heterocycles. The highest BCUT2D eigenvalue weighted by Crippen LogP contribution is 2.36.